The molecule has 0 amide bonds. The molecular formula is C8H4O7. The lowest BCUT2D eigenvalue weighted by atomic mass is 10.4. The predicted molar refractivity (Wildman–Crippen MR) is 42.0 cm³/mol. The minimum atomic E-state index is -1.34. The molecule has 0 aromatic heterocycles. The van der Waals surface area contributed by atoms with Gasteiger partial charge in [0.25, 0.3) is 0 Å². The molecule has 15 heavy (non-hydrogen) atoms. The lowest BCUT2D eigenvalue weighted by Gasteiger charge is -1.96. The molecule has 0 radical (unpaired) electrons. The smallest absolute Gasteiger partial charge is 0.382 e. The van der Waals surface area contributed by atoms with Gasteiger partial charge in [-0.25, -0.2) is 19.2 Å². The molecule has 0 saturated heterocycles. The fraction of sp³-hybridized carbons (Fsp3) is 0. The van der Waals surface area contributed by atoms with Crippen LogP contribution in [0, 0.1) is 0 Å². The number of carboxylic acid groups (broad SMARTS) is 1. The normalized spacial score (nSPS) is 15.1. The number of carbonyl (C=O) groups excluding carboxylic acids is 3. The molecule has 0 bridgehead atoms. The van der Waals surface area contributed by atoms with Crippen LogP contribution in [0.1, 0.15) is 0 Å². The first kappa shape index (κ1) is 10.6. The third kappa shape index (κ3) is 3.07. The molecule has 0 atom stereocenters. The van der Waals surface area contributed by atoms with Gasteiger partial charge in [0.15, 0.2) is 0 Å². The van der Waals surface area contributed by atoms with Crippen LogP contribution in [-0.2, 0) is 28.7 Å². The van der Waals surface area contributed by atoms with Crippen molar-refractivity contribution in [2.24, 2.45) is 0 Å². The number of cyclic esters (lactones) is 2. The Morgan fingerprint density at radius 2 is 2.00 bits per heavy atom. The first-order valence-electron chi connectivity index (χ1n) is 3.59. The quantitative estimate of drug-likeness (QED) is 0.368. The Balaban J connectivity index is 2.60. The fourth-order valence-corrected chi connectivity index (χ4v) is 0.690. The zero-order valence-electron chi connectivity index (χ0n) is 7.13. The molecule has 0 aliphatic carbocycles. The molecule has 1 N–H and O–H groups in total. The highest BCUT2D eigenvalue weighted by molar-refractivity contribution is 6.09. The number of hydrogen-bond acceptors (Lipinski definition) is 6. The number of aliphatic carboxylic acids is 1. The van der Waals surface area contributed by atoms with Crippen LogP contribution in [0.5, 0.6) is 0 Å². The first-order valence-corrected chi connectivity index (χ1v) is 3.59. The van der Waals surface area contributed by atoms with Gasteiger partial charge in [0.05, 0.1) is 6.08 Å². The van der Waals surface area contributed by atoms with Crippen LogP contribution in [0.3, 0.4) is 0 Å². The van der Waals surface area contributed by atoms with E-state index in [1.165, 1.54) is 0 Å². The number of carbonyl (C=O) groups is 4. The lowest BCUT2D eigenvalue weighted by molar-refractivity contribution is -0.154. The highest BCUT2D eigenvalue weighted by Gasteiger charge is 2.26. The van der Waals surface area contributed by atoms with E-state index in [0.29, 0.717) is 18.2 Å². The van der Waals surface area contributed by atoms with E-state index in [9.17, 15) is 19.2 Å². The van der Waals surface area contributed by atoms with Crippen LogP contribution in [0.4, 0.5) is 0 Å². The standard InChI is InChI=1S/C8H4O7/c9-5(10)1-2-6(11)14-4-3-7(12)15-8(4)13/h1-3H,(H,9,10)/b2-1+. The van der Waals surface area contributed by atoms with Crippen LogP contribution >= 0.6 is 0 Å². The van der Waals surface area contributed by atoms with E-state index >= 15 is 0 Å². The number of esters is 3. The number of rotatable bonds is 3. The third-order valence-corrected chi connectivity index (χ3v) is 1.22. The molecule has 1 aliphatic rings. The Morgan fingerprint density at radius 3 is 2.47 bits per heavy atom. The maximum absolute atomic E-state index is 10.8. The summed E-state index contributed by atoms with van der Waals surface area (Å²) < 4.78 is 8.33. The second-order valence-electron chi connectivity index (χ2n) is 2.31. The van der Waals surface area contributed by atoms with Crippen molar-refractivity contribution >= 4 is 23.9 Å². The van der Waals surface area contributed by atoms with Crippen molar-refractivity contribution in [3.8, 4) is 0 Å². The van der Waals surface area contributed by atoms with Crippen molar-refractivity contribution in [3.05, 3.63) is 24.0 Å². The molecular weight excluding hydrogens is 208 g/mol. The topological polar surface area (TPSA) is 107 Å². The minimum absolute atomic E-state index is 0.533. The summed E-state index contributed by atoms with van der Waals surface area (Å²) in [5.74, 6) is -5.02. The van der Waals surface area contributed by atoms with E-state index < -0.39 is 29.6 Å². The Morgan fingerprint density at radius 1 is 1.33 bits per heavy atom. The fourth-order valence-electron chi connectivity index (χ4n) is 0.690. The van der Waals surface area contributed by atoms with Gasteiger partial charge in [0.2, 0.25) is 5.76 Å². The van der Waals surface area contributed by atoms with Gasteiger partial charge in [0, 0.05) is 12.2 Å². The van der Waals surface area contributed by atoms with Gasteiger partial charge in [-0.3, -0.25) is 0 Å². The van der Waals surface area contributed by atoms with Gasteiger partial charge in [-0.15, -0.1) is 0 Å². The largest absolute Gasteiger partial charge is 0.478 e. The van der Waals surface area contributed by atoms with E-state index in [1.54, 1.807) is 0 Å². The summed E-state index contributed by atoms with van der Waals surface area (Å²) in [6.45, 7) is 0. The summed E-state index contributed by atoms with van der Waals surface area (Å²) in [5.41, 5.74) is 0. The van der Waals surface area contributed by atoms with Crippen LogP contribution in [-0.4, -0.2) is 29.0 Å². The second-order valence-corrected chi connectivity index (χ2v) is 2.31. The van der Waals surface area contributed by atoms with E-state index in [4.69, 9.17) is 5.11 Å². The van der Waals surface area contributed by atoms with Crippen LogP contribution in [0.2, 0.25) is 0 Å². The molecule has 0 aromatic carbocycles. The molecule has 78 valence electrons. The minimum Gasteiger partial charge on any atom is -0.478 e. The van der Waals surface area contributed by atoms with Crippen LogP contribution in [0.15, 0.2) is 24.0 Å². The Hall–Kier alpha value is -2.44. The zero-order valence-corrected chi connectivity index (χ0v) is 7.13. The molecule has 0 saturated carbocycles. The molecule has 7 nitrogen and oxygen atoms in total. The second kappa shape index (κ2) is 4.18. The number of ether oxygens (including phenoxy) is 2. The monoisotopic (exact) mass is 212 g/mol. The van der Waals surface area contributed by atoms with Gasteiger partial charge in [-0.1, -0.05) is 0 Å². The lowest BCUT2D eigenvalue weighted by Crippen LogP contribution is -2.08. The molecule has 7 heteroatoms. The Bertz CT molecular complexity index is 401. The maximum Gasteiger partial charge on any atom is 0.382 e. The summed E-state index contributed by atoms with van der Waals surface area (Å²) in [5, 5.41) is 8.16. The van der Waals surface area contributed by atoms with Crippen molar-refractivity contribution in [1.29, 1.82) is 0 Å². The highest BCUT2D eigenvalue weighted by atomic mass is 16.6. The van der Waals surface area contributed by atoms with E-state index in [1.807, 2.05) is 0 Å². The summed E-state index contributed by atoms with van der Waals surface area (Å²) in [7, 11) is 0. The van der Waals surface area contributed by atoms with E-state index in [2.05, 4.69) is 9.47 Å². The average Bonchev–Trinajstić information content (AvgIpc) is 2.42. The summed E-state index contributed by atoms with van der Waals surface area (Å²) in [6.07, 6.45) is 1.82. The molecule has 0 spiro atoms. The molecule has 0 aromatic rings. The number of hydrogen-bond donors (Lipinski definition) is 1. The van der Waals surface area contributed by atoms with Crippen molar-refractivity contribution < 1.29 is 33.8 Å². The zero-order chi connectivity index (χ0) is 11.4. The highest BCUT2D eigenvalue weighted by Crippen LogP contribution is 2.09. The SMILES string of the molecule is O=C(O)/C=C/C(=O)OC1=CC(=O)OC1=O. The van der Waals surface area contributed by atoms with E-state index in [0.717, 1.165) is 0 Å². The summed E-state index contributed by atoms with van der Waals surface area (Å²) in [6, 6.07) is 0. The van der Waals surface area contributed by atoms with Crippen molar-refractivity contribution in [3.63, 3.8) is 0 Å². The molecule has 1 heterocycles. The molecule has 0 fully saturated rings. The Labute approximate surface area is 82.6 Å². The van der Waals surface area contributed by atoms with Gasteiger partial charge in [-0.05, 0) is 0 Å². The van der Waals surface area contributed by atoms with Crippen molar-refractivity contribution in [2.45, 2.75) is 0 Å². The average molecular weight is 212 g/mol. The molecule has 1 rings (SSSR count). The van der Waals surface area contributed by atoms with Crippen molar-refractivity contribution in [1.82, 2.24) is 0 Å². The van der Waals surface area contributed by atoms with Gasteiger partial charge < -0.3 is 14.6 Å². The van der Waals surface area contributed by atoms with Gasteiger partial charge >= 0.3 is 23.9 Å². The molecule has 0 unspecified atom stereocenters. The van der Waals surface area contributed by atoms with Crippen LogP contribution in [0.25, 0.3) is 0 Å². The summed E-state index contributed by atoms with van der Waals surface area (Å²) >= 11 is 0. The Kier molecular flexibility index (Phi) is 2.97. The van der Waals surface area contributed by atoms with Crippen LogP contribution < -0.4 is 0 Å². The van der Waals surface area contributed by atoms with Gasteiger partial charge in [0.1, 0.15) is 0 Å². The summed E-state index contributed by atoms with van der Waals surface area (Å²) in [4.78, 5) is 42.0. The van der Waals surface area contributed by atoms with E-state index in [-0.39, 0.29) is 0 Å². The van der Waals surface area contributed by atoms with Gasteiger partial charge in [-0.2, -0.15) is 0 Å². The molecule has 1 aliphatic heterocycles. The predicted octanol–water partition coefficient (Wildman–Crippen LogP) is -0.862. The van der Waals surface area contributed by atoms with Crippen molar-refractivity contribution in [2.75, 3.05) is 0 Å². The number of carboxylic acids is 1. The maximum atomic E-state index is 10.8. The third-order valence-electron chi connectivity index (χ3n) is 1.22. The first-order chi connectivity index (χ1) is 6.99.